The van der Waals surface area contributed by atoms with Gasteiger partial charge in [0.05, 0.1) is 24.1 Å². The highest BCUT2D eigenvalue weighted by Gasteiger charge is 2.32. The first-order chi connectivity index (χ1) is 12.0. The van der Waals surface area contributed by atoms with Gasteiger partial charge < -0.3 is 14.5 Å². The Hall–Kier alpha value is -2.00. The number of fused-ring (bicyclic) bond motifs is 1. The maximum atomic E-state index is 5.60. The monoisotopic (exact) mass is 338 g/mol. The second kappa shape index (κ2) is 7.49. The van der Waals surface area contributed by atoms with E-state index < -0.39 is 0 Å². The van der Waals surface area contributed by atoms with Crippen molar-refractivity contribution >= 4 is 11.4 Å². The van der Waals surface area contributed by atoms with Crippen molar-refractivity contribution in [3.05, 3.63) is 58.7 Å². The van der Waals surface area contributed by atoms with Gasteiger partial charge in [-0.2, -0.15) is 0 Å². The fourth-order valence-corrected chi connectivity index (χ4v) is 3.98. The largest absolute Gasteiger partial charge is 0.380 e. The summed E-state index contributed by atoms with van der Waals surface area (Å²) in [4.78, 5) is 4.98. The number of hydrogen-bond acceptors (Lipinski definition) is 3. The second-order valence-electron chi connectivity index (χ2n) is 7.02. The molecule has 1 unspecified atom stereocenters. The predicted molar refractivity (Wildman–Crippen MR) is 107 cm³/mol. The van der Waals surface area contributed by atoms with Crippen molar-refractivity contribution in [3.63, 3.8) is 0 Å². The smallest absolute Gasteiger partial charge is 0.0992 e. The molecular formula is C22H30N2O. The Balaban J connectivity index is 1.89. The summed E-state index contributed by atoms with van der Waals surface area (Å²) in [5.74, 6) is 0. The molecule has 2 aromatic carbocycles. The summed E-state index contributed by atoms with van der Waals surface area (Å²) in [6, 6.07) is 13.3. The Morgan fingerprint density at radius 3 is 2.16 bits per heavy atom. The van der Waals surface area contributed by atoms with Crippen LogP contribution in [0, 0.1) is 20.8 Å². The molecule has 25 heavy (non-hydrogen) atoms. The number of hydrogen-bond donors (Lipinski definition) is 0. The number of benzene rings is 2. The minimum absolute atomic E-state index is 0.331. The molecular weight excluding hydrogens is 308 g/mol. The molecule has 0 amide bonds. The van der Waals surface area contributed by atoms with E-state index in [9.17, 15) is 0 Å². The van der Waals surface area contributed by atoms with Crippen molar-refractivity contribution in [2.45, 2.75) is 47.3 Å². The zero-order valence-corrected chi connectivity index (χ0v) is 16.2. The third kappa shape index (κ3) is 3.52. The molecule has 3 heteroatoms. The van der Waals surface area contributed by atoms with E-state index in [4.69, 9.17) is 4.74 Å². The molecule has 0 spiro atoms. The Morgan fingerprint density at radius 2 is 1.56 bits per heavy atom. The van der Waals surface area contributed by atoms with Gasteiger partial charge in [-0.15, -0.1) is 0 Å². The van der Waals surface area contributed by atoms with Crippen molar-refractivity contribution in [1.29, 1.82) is 0 Å². The van der Waals surface area contributed by atoms with Crippen LogP contribution in [0.3, 0.4) is 0 Å². The lowest BCUT2D eigenvalue weighted by molar-refractivity contribution is 0.153. The van der Waals surface area contributed by atoms with E-state index in [0.717, 1.165) is 26.3 Å². The van der Waals surface area contributed by atoms with Crippen LogP contribution in [-0.4, -0.2) is 25.9 Å². The Bertz CT molecular complexity index is 718. The quantitative estimate of drug-likeness (QED) is 0.702. The third-order valence-electron chi connectivity index (χ3n) is 5.25. The van der Waals surface area contributed by atoms with E-state index in [2.05, 4.69) is 80.8 Å². The lowest BCUT2D eigenvalue weighted by atomic mass is 9.99. The Morgan fingerprint density at radius 1 is 0.960 bits per heavy atom. The lowest BCUT2D eigenvalue weighted by Gasteiger charge is -2.31. The van der Waals surface area contributed by atoms with Crippen molar-refractivity contribution < 1.29 is 4.74 Å². The van der Waals surface area contributed by atoms with Gasteiger partial charge in [0.25, 0.3) is 0 Å². The summed E-state index contributed by atoms with van der Waals surface area (Å²) in [6.45, 7) is 14.4. The fraction of sp³-hybridized carbons (Fsp3) is 0.455. The van der Waals surface area contributed by atoms with Crippen LogP contribution in [0.2, 0.25) is 0 Å². The predicted octanol–water partition coefficient (Wildman–Crippen LogP) is 4.82. The topological polar surface area (TPSA) is 15.7 Å². The van der Waals surface area contributed by atoms with Gasteiger partial charge in [0.15, 0.2) is 0 Å². The SMILES string of the molecule is CCOCCN1c2ccccc2N(Cc2c(C)cc(C)cc2C)C1C. The highest BCUT2D eigenvalue weighted by Crippen LogP contribution is 2.40. The van der Waals surface area contributed by atoms with Crippen LogP contribution < -0.4 is 9.80 Å². The molecule has 0 saturated heterocycles. The van der Waals surface area contributed by atoms with Gasteiger partial charge in [0.2, 0.25) is 0 Å². The molecule has 3 rings (SSSR count). The van der Waals surface area contributed by atoms with Gasteiger partial charge in [0.1, 0.15) is 0 Å². The van der Waals surface area contributed by atoms with E-state index in [1.807, 2.05) is 0 Å². The molecule has 0 saturated carbocycles. The molecule has 0 fully saturated rings. The van der Waals surface area contributed by atoms with Gasteiger partial charge in [-0.3, -0.25) is 0 Å². The standard InChI is InChI=1S/C22H30N2O/c1-6-25-12-11-23-19(5)24(22-10-8-7-9-21(22)23)15-20-17(3)13-16(2)14-18(20)4/h7-10,13-14,19H,6,11-12,15H2,1-5H3. The van der Waals surface area contributed by atoms with Crippen LogP contribution in [0.4, 0.5) is 11.4 Å². The highest BCUT2D eigenvalue weighted by molar-refractivity contribution is 5.77. The fourth-order valence-electron chi connectivity index (χ4n) is 3.98. The van der Waals surface area contributed by atoms with E-state index in [1.165, 1.54) is 33.6 Å². The molecule has 1 aliphatic heterocycles. The van der Waals surface area contributed by atoms with Crippen molar-refractivity contribution in [1.82, 2.24) is 0 Å². The summed E-state index contributed by atoms with van der Waals surface area (Å²) in [5, 5.41) is 0. The molecule has 134 valence electrons. The van der Waals surface area contributed by atoms with Gasteiger partial charge in [0, 0.05) is 19.7 Å². The first-order valence-electron chi connectivity index (χ1n) is 9.29. The molecule has 0 N–H and O–H groups in total. The first-order valence-corrected chi connectivity index (χ1v) is 9.29. The van der Waals surface area contributed by atoms with Crippen LogP contribution >= 0.6 is 0 Å². The summed E-state index contributed by atoms with van der Waals surface area (Å²) >= 11 is 0. The zero-order valence-electron chi connectivity index (χ0n) is 16.2. The normalized spacial score (nSPS) is 16.4. The third-order valence-corrected chi connectivity index (χ3v) is 5.25. The number of rotatable bonds is 6. The maximum Gasteiger partial charge on any atom is 0.0992 e. The van der Waals surface area contributed by atoms with Crippen LogP contribution in [0.1, 0.15) is 36.1 Å². The summed E-state index contributed by atoms with van der Waals surface area (Å²) < 4.78 is 5.60. The minimum Gasteiger partial charge on any atom is -0.380 e. The van der Waals surface area contributed by atoms with Gasteiger partial charge >= 0.3 is 0 Å². The van der Waals surface area contributed by atoms with Crippen LogP contribution in [0.25, 0.3) is 0 Å². The van der Waals surface area contributed by atoms with E-state index in [-0.39, 0.29) is 0 Å². The van der Waals surface area contributed by atoms with Gasteiger partial charge in [-0.05, 0) is 63.4 Å². The number of para-hydroxylation sites is 2. The molecule has 1 atom stereocenters. The zero-order chi connectivity index (χ0) is 18.0. The lowest BCUT2D eigenvalue weighted by Crippen LogP contribution is -2.42. The highest BCUT2D eigenvalue weighted by atomic mass is 16.5. The van der Waals surface area contributed by atoms with Crippen molar-refractivity contribution in [2.24, 2.45) is 0 Å². The van der Waals surface area contributed by atoms with Gasteiger partial charge in [-0.1, -0.05) is 29.8 Å². The summed E-state index contributed by atoms with van der Waals surface area (Å²) in [7, 11) is 0. The number of anilines is 2. The molecule has 0 radical (unpaired) electrons. The number of ether oxygens (including phenoxy) is 1. The summed E-state index contributed by atoms with van der Waals surface area (Å²) in [5.41, 5.74) is 8.19. The molecule has 0 aromatic heterocycles. The van der Waals surface area contributed by atoms with Crippen LogP contribution in [0.15, 0.2) is 36.4 Å². The average molecular weight is 338 g/mol. The van der Waals surface area contributed by atoms with E-state index >= 15 is 0 Å². The van der Waals surface area contributed by atoms with Crippen molar-refractivity contribution in [3.8, 4) is 0 Å². The minimum atomic E-state index is 0.331. The Labute approximate surface area is 152 Å². The molecule has 3 nitrogen and oxygen atoms in total. The average Bonchev–Trinajstić information content (AvgIpc) is 2.83. The summed E-state index contributed by atoms with van der Waals surface area (Å²) in [6.07, 6.45) is 0.331. The molecule has 1 heterocycles. The number of nitrogens with zero attached hydrogens (tertiary/aromatic N) is 2. The molecule has 0 aliphatic carbocycles. The first kappa shape index (κ1) is 17.8. The van der Waals surface area contributed by atoms with Crippen LogP contribution in [-0.2, 0) is 11.3 Å². The second-order valence-corrected chi connectivity index (χ2v) is 7.02. The molecule has 0 bridgehead atoms. The Kier molecular flexibility index (Phi) is 5.33. The maximum absolute atomic E-state index is 5.60. The van der Waals surface area contributed by atoms with Crippen LogP contribution in [0.5, 0.6) is 0 Å². The van der Waals surface area contributed by atoms with E-state index in [1.54, 1.807) is 0 Å². The number of aryl methyl sites for hydroxylation is 3. The van der Waals surface area contributed by atoms with Gasteiger partial charge in [-0.25, -0.2) is 0 Å². The van der Waals surface area contributed by atoms with Crippen molar-refractivity contribution in [2.75, 3.05) is 29.6 Å². The van der Waals surface area contributed by atoms with E-state index in [0.29, 0.717) is 6.17 Å². The molecule has 1 aliphatic rings. The molecule has 2 aromatic rings.